The van der Waals surface area contributed by atoms with Crippen LogP contribution in [0.25, 0.3) is 0 Å². The summed E-state index contributed by atoms with van der Waals surface area (Å²) >= 11 is 1.98. The van der Waals surface area contributed by atoms with Crippen molar-refractivity contribution < 1.29 is 15.0 Å². The van der Waals surface area contributed by atoms with E-state index in [1.54, 1.807) is 12.1 Å². The normalized spacial score (nSPS) is 14.6. The number of carbonyl (C=O) groups is 1. The molecule has 0 aliphatic carbocycles. The number of benzene rings is 1. The van der Waals surface area contributed by atoms with Gasteiger partial charge in [-0.05, 0) is 47.2 Å². The molecule has 0 aliphatic heterocycles. The number of rotatable bonds is 3. The first kappa shape index (κ1) is 12.3. The second kappa shape index (κ2) is 4.36. The van der Waals surface area contributed by atoms with E-state index in [1.165, 1.54) is 13.0 Å². The standard InChI is InChI=1S/C10H12INO3/c1-10(12,9(14)15)5-6-2-3-8(13)7(11)4-6/h2-4,13H,5,12H2,1H3,(H,14,15)/i11-4. The quantitative estimate of drug-likeness (QED) is 0.735. The van der Waals surface area contributed by atoms with Gasteiger partial charge in [0, 0.05) is 6.42 Å². The predicted octanol–water partition coefficient (Wildman–Crippen LogP) is 1.34. The summed E-state index contributed by atoms with van der Waals surface area (Å²) in [5.74, 6) is -0.848. The van der Waals surface area contributed by atoms with Crippen molar-refractivity contribution in [2.45, 2.75) is 18.9 Å². The van der Waals surface area contributed by atoms with Gasteiger partial charge < -0.3 is 15.9 Å². The number of carboxylic acid groups (broad SMARTS) is 1. The molecule has 15 heavy (non-hydrogen) atoms. The molecule has 1 aromatic carbocycles. The predicted molar refractivity (Wildman–Crippen MR) is 64.8 cm³/mol. The monoisotopic (exact) mass is 317 g/mol. The van der Waals surface area contributed by atoms with Crippen molar-refractivity contribution in [1.82, 2.24) is 0 Å². The van der Waals surface area contributed by atoms with Gasteiger partial charge in [0.2, 0.25) is 0 Å². The number of aliphatic carboxylic acids is 1. The number of hydrogen-bond donors (Lipinski definition) is 3. The van der Waals surface area contributed by atoms with Crippen molar-refractivity contribution in [3.05, 3.63) is 27.3 Å². The van der Waals surface area contributed by atoms with E-state index in [2.05, 4.69) is 0 Å². The molecule has 0 amide bonds. The average Bonchev–Trinajstić information content (AvgIpc) is 2.10. The summed E-state index contributed by atoms with van der Waals surface area (Å²) in [6.45, 7) is 1.47. The van der Waals surface area contributed by atoms with Crippen LogP contribution in [-0.2, 0) is 11.2 Å². The van der Waals surface area contributed by atoms with E-state index in [0.717, 1.165) is 5.56 Å². The van der Waals surface area contributed by atoms with Crippen LogP contribution in [0.5, 0.6) is 5.75 Å². The van der Waals surface area contributed by atoms with Gasteiger partial charge in [-0.15, -0.1) is 0 Å². The van der Waals surface area contributed by atoms with Crippen molar-refractivity contribution in [3.8, 4) is 5.75 Å². The number of phenolic OH excluding ortho intramolecular Hbond substituents is 1. The zero-order valence-electron chi connectivity index (χ0n) is 8.20. The summed E-state index contributed by atoms with van der Waals surface area (Å²) in [5, 5.41) is 18.1. The number of carboxylic acids is 1. The lowest BCUT2D eigenvalue weighted by Gasteiger charge is -2.19. The lowest BCUT2D eigenvalue weighted by atomic mass is 9.94. The first-order valence-electron chi connectivity index (χ1n) is 4.32. The maximum Gasteiger partial charge on any atom is 0.323 e. The Bertz CT molecular complexity index is 390. The smallest absolute Gasteiger partial charge is 0.323 e. The van der Waals surface area contributed by atoms with Gasteiger partial charge in [0.25, 0.3) is 0 Å². The largest absolute Gasteiger partial charge is 0.507 e. The molecule has 1 atom stereocenters. The van der Waals surface area contributed by atoms with Crippen molar-refractivity contribution in [3.63, 3.8) is 0 Å². The number of aromatic hydroxyl groups is 1. The van der Waals surface area contributed by atoms with E-state index in [0.29, 0.717) is 3.57 Å². The molecule has 4 nitrogen and oxygen atoms in total. The molecule has 0 aromatic heterocycles. The van der Waals surface area contributed by atoms with Gasteiger partial charge in [-0.1, -0.05) is 6.07 Å². The fraction of sp³-hybridized carbons (Fsp3) is 0.300. The molecule has 0 aliphatic rings. The topological polar surface area (TPSA) is 83.5 Å². The van der Waals surface area contributed by atoms with E-state index in [9.17, 15) is 9.90 Å². The van der Waals surface area contributed by atoms with Crippen molar-refractivity contribution in [1.29, 1.82) is 0 Å². The molecule has 0 saturated carbocycles. The molecule has 82 valence electrons. The van der Waals surface area contributed by atoms with E-state index in [1.807, 2.05) is 22.6 Å². The van der Waals surface area contributed by atoms with Crippen molar-refractivity contribution >= 4 is 28.6 Å². The molecule has 0 radical (unpaired) electrons. The van der Waals surface area contributed by atoms with E-state index in [-0.39, 0.29) is 12.2 Å². The van der Waals surface area contributed by atoms with Crippen LogP contribution in [0.3, 0.4) is 0 Å². The Kier molecular flexibility index (Phi) is 3.56. The number of phenols is 1. The highest BCUT2D eigenvalue weighted by Gasteiger charge is 2.28. The summed E-state index contributed by atoms with van der Waals surface area (Å²) < 4.78 is 0.686. The Labute approximate surface area is 101 Å². The summed E-state index contributed by atoms with van der Waals surface area (Å²) in [6, 6.07) is 4.94. The molecule has 0 bridgehead atoms. The molecular weight excluding hydrogens is 305 g/mol. The zero-order chi connectivity index (χ0) is 11.6. The van der Waals surface area contributed by atoms with Crippen molar-refractivity contribution in [2.75, 3.05) is 0 Å². The maximum absolute atomic E-state index is 10.8. The van der Waals surface area contributed by atoms with Crippen molar-refractivity contribution in [2.24, 2.45) is 5.73 Å². The van der Waals surface area contributed by atoms with E-state index < -0.39 is 11.5 Å². The highest BCUT2D eigenvalue weighted by Crippen LogP contribution is 2.22. The maximum atomic E-state index is 10.8. The second-order valence-corrected chi connectivity index (χ2v) is 4.85. The Morgan fingerprint density at radius 1 is 1.60 bits per heavy atom. The molecule has 1 rings (SSSR count). The summed E-state index contributed by atoms with van der Waals surface area (Å²) in [5.41, 5.74) is 5.13. The van der Waals surface area contributed by atoms with Gasteiger partial charge in [-0.2, -0.15) is 0 Å². The molecule has 5 heteroatoms. The van der Waals surface area contributed by atoms with Crippen LogP contribution in [0.4, 0.5) is 0 Å². The second-order valence-electron chi connectivity index (χ2n) is 3.69. The minimum absolute atomic E-state index is 0.188. The average molecular weight is 317 g/mol. The number of nitrogens with two attached hydrogens (primary N) is 1. The van der Waals surface area contributed by atoms with Crippen LogP contribution >= 0.6 is 22.6 Å². The van der Waals surface area contributed by atoms with Gasteiger partial charge in [-0.25, -0.2) is 0 Å². The van der Waals surface area contributed by atoms with Gasteiger partial charge in [-0.3, -0.25) is 4.79 Å². The third-order valence-electron chi connectivity index (χ3n) is 2.07. The zero-order valence-corrected chi connectivity index (χ0v) is 10.4. The summed E-state index contributed by atoms with van der Waals surface area (Å²) in [7, 11) is 0. The SMILES string of the molecule is CC(N)(Cc1ccc(O)c([123I])c1)C(=O)O. The molecular formula is C10H12INO3. The molecule has 1 aromatic rings. The Morgan fingerprint density at radius 3 is 2.67 bits per heavy atom. The molecule has 0 fully saturated rings. The first-order chi connectivity index (χ1) is 6.83. The molecule has 0 heterocycles. The third-order valence-corrected chi connectivity index (χ3v) is 2.94. The summed E-state index contributed by atoms with van der Waals surface area (Å²) in [4.78, 5) is 10.8. The molecule has 0 spiro atoms. The van der Waals surface area contributed by atoms with Crippen LogP contribution in [0.1, 0.15) is 12.5 Å². The Hall–Kier alpha value is -0.820. The van der Waals surface area contributed by atoms with Gasteiger partial charge >= 0.3 is 5.97 Å². The Morgan fingerprint density at radius 2 is 2.20 bits per heavy atom. The Balaban J connectivity index is 2.91. The van der Waals surface area contributed by atoms with Gasteiger partial charge in [0.05, 0.1) is 3.57 Å². The van der Waals surface area contributed by atoms with Gasteiger partial charge in [0.1, 0.15) is 11.3 Å². The minimum atomic E-state index is -1.28. The highest BCUT2D eigenvalue weighted by atomic mass is 123. The van der Waals surface area contributed by atoms with Crippen LogP contribution < -0.4 is 5.73 Å². The summed E-state index contributed by atoms with van der Waals surface area (Å²) in [6.07, 6.45) is 0.235. The number of halogens is 1. The fourth-order valence-corrected chi connectivity index (χ4v) is 1.74. The van der Waals surface area contributed by atoms with Crippen LogP contribution in [0.15, 0.2) is 18.2 Å². The van der Waals surface area contributed by atoms with Crippen LogP contribution in [0.2, 0.25) is 0 Å². The van der Waals surface area contributed by atoms with Crippen LogP contribution in [-0.4, -0.2) is 21.7 Å². The fourth-order valence-electron chi connectivity index (χ4n) is 1.16. The highest BCUT2D eigenvalue weighted by molar-refractivity contribution is 14.1. The minimum Gasteiger partial charge on any atom is -0.507 e. The molecule has 4 N–H and O–H groups in total. The first-order valence-corrected chi connectivity index (χ1v) is 5.40. The lowest BCUT2D eigenvalue weighted by Crippen LogP contribution is -2.46. The third kappa shape index (κ3) is 3.07. The lowest BCUT2D eigenvalue weighted by molar-refractivity contribution is -0.142. The van der Waals surface area contributed by atoms with E-state index >= 15 is 0 Å². The number of hydrogen-bond acceptors (Lipinski definition) is 3. The van der Waals surface area contributed by atoms with Crippen LogP contribution in [0, 0.1) is 3.57 Å². The van der Waals surface area contributed by atoms with Gasteiger partial charge in [0.15, 0.2) is 0 Å². The van der Waals surface area contributed by atoms with E-state index in [4.69, 9.17) is 10.8 Å². The molecule has 0 saturated heterocycles. The molecule has 1 unspecified atom stereocenters.